The summed E-state index contributed by atoms with van der Waals surface area (Å²) in [4.78, 5) is 0. The van der Waals surface area contributed by atoms with Crippen molar-refractivity contribution in [1.82, 2.24) is 0 Å². The molecular weight excluding hydrogens is 601 g/mol. The third kappa shape index (κ3) is 10.4. The molecule has 6 aromatic carbocycles. The Balaban J connectivity index is 0.00000136. The van der Waals surface area contributed by atoms with Crippen molar-refractivity contribution in [2.45, 2.75) is 93.9 Å². The van der Waals surface area contributed by atoms with E-state index in [1.54, 1.807) is 0 Å². The van der Waals surface area contributed by atoms with Crippen molar-refractivity contribution < 1.29 is 0 Å². The van der Waals surface area contributed by atoms with Crippen molar-refractivity contribution in [2.24, 2.45) is 0 Å². The van der Waals surface area contributed by atoms with E-state index in [-0.39, 0.29) is 0 Å². The molecule has 0 aliphatic rings. The molecule has 0 spiro atoms. The molecule has 0 fully saturated rings. The van der Waals surface area contributed by atoms with E-state index in [9.17, 15) is 0 Å². The molecule has 6 aromatic rings. The Kier molecular flexibility index (Phi) is 14.9. The highest BCUT2D eigenvalue weighted by Crippen LogP contribution is 2.33. The summed E-state index contributed by atoms with van der Waals surface area (Å²) in [6.07, 6.45) is 7.06. The van der Waals surface area contributed by atoms with Gasteiger partial charge in [0, 0.05) is 0 Å². The fourth-order valence-electron chi connectivity index (χ4n) is 6.47. The van der Waals surface area contributed by atoms with Crippen molar-refractivity contribution >= 4 is 0 Å². The van der Waals surface area contributed by atoms with Crippen molar-refractivity contribution in [3.8, 4) is 44.5 Å². The van der Waals surface area contributed by atoms with Crippen molar-refractivity contribution in [3.63, 3.8) is 0 Å². The predicted molar refractivity (Wildman–Crippen MR) is 222 cm³/mol. The highest BCUT2D eigenvalue weighted by Gasteiger charge is 2.11. The first-order chi connectivity index (χ1) is 24.4. The van der Waals surface area contributed by atoms with Gasteiger partial charge in [-0.05, 0) is 109 Å². The Morgan fingerprint density at radius 1 is 0.280 bits per heavy atom. The average Bonchev–Trinajstić information content (AvgIpc) is 3.16. The van der Waals surface area contributed by atoms with Gasteiger partial charge in [-0.1, -0.05) is 196 Å². The van der Waals surface area contributed by atoms with Crippen molar-refractivity contribution in [3.05, 3.63) is 167 Å². The van der Waals surface area contributed by atoms with E-state index in [2.05, 4.69) is 161 Å². The van der Waals surface area contributed by atoms with Crippen LogP contribution in [0.25, 0.3) is 44.5 Å². The Labute approximate surface area is 304 Å². The molecule has 0 atom stereocenters. The van der Waals surface area contributed by atoms with Crippen LogP contribution in [0.5, 0.6) is 0 Å². The molecule has 0 aliphatic heterocycles. The molecule has 6 rings (SSSR count). The topological polar surface area (TPSA) is 0 Å². The van der Waals surface area contributed by atoms with Crippen LogP contribution in [0.3, 0.4) is 0 Å². The highest BCUT2D eigenvalue weighted by molar-refractivity contribution is 5.75. The molecule has 0 unspecified atom stereocenters. The predicted octanol–water partition coefficient (Wildman–Crippen LogP) is 15.0. The normalized spacial score (nSPS) is 10.5. The first-order valence-electron chi connectivity index (χ1n) is 19.0. The molecule has 0 heterocycles. The highest BCUT2D eigenvalue weighted by atomic mass is 14.2. The largest absolute Gasteiger partial charge is 0.0683 e. The Morgan fingerprint density at radius 2 is 0.540 bits per heavy atom. The van der Waals surface area contributed by atoms with E-state index >= 15 is 0 Å². The molecule has 50 heavy (non-hydrogen) atoms. The standard InChI is InChI=1S/C46H46.2C2H6/c1-33-11-19-37(20-12-33)41-27-29-45(39-23-15-35(3)16-24-39)43(31-41)9-7-5-6-8-10-44-32-42(38-21-13-34(2)14-22-38)28-30-46(44)40-25-17-36(4)18-26-40;2*1-2/h11-32H,5-10H2,1-4H3;2*1-2H3. The summed E-state index contributed by atoms with van der Waals surface area (Å²) >= 11 is 0. The van der Waals surface area contributed by atoms with Crippen LogP contribution >= 0.6 is 0 Å². The second kappa shape index (κ2) is 19.5. The van der Waals surface area contributed by atoms with Crippen LogP contribution in [0.15, 0.2) is 133 Å². The number of hydrogen-bond donors (Lipinski definition) is 0. The van der Waals surface area contributed by atoms with Gasteiger partial charge in [0.1, 0.15) is 0 Å². The first kappa shape index (κ1) is 38.1. The quantitative estimate of drug-likeness (QED) is 0.122. The maximum absolute atomic E-state index is 2.43. The van der Waals surface area contributed by atoms with E-state index in [0.29, 0.717) is 0 Å². The summed E-state index contributed by atoms with van der Waals surface area (Å²) in [6.45, 7) is 16.6. The van der Waals surface area contributed by atoms with E-state index in [0.717, 1.165) is 12.8 Å². The zero-order valence-corrected chi connectivity index (χ0v) is 31.9. The van der Waals surface area contributed by atoms with Crippen LogP contribution < -0.4 is 0 Å². The summed E-state index contributed by atoms with van der Waals surface area (Å²) in [5, 5.41) is 0. The summed E-state index contributed by atoms with van der Waals surface area (Å²) in [7, 11) is 0. The van der Waals surface area contributed by atoms with Crippen LogP contribution in [0, 0.1) is 27.7 Å². The minimum absolute atomic E-state index is 1.10. The molecule has 0 saturated heterocycles. The molecule has 0 radical (unpaired) electrons. The molecule has 258 valence electrons. The molecule has 0 saturated carbocycles. The Hall–Kier alpha value is -4.68. The van der Waals surface area contributed by atoms with Gasteiger partial charge >= 0.3 is 0 Å². The zero-order valence-electron chi connectivity index (χ0n) is 31.9. The van der Waals surface area contributed by atoms with Crippen LogP contribution in [-0.2, 0) is 12.8 Å². The summed E-state index contributed by atoms with van der Waals surface area (Å²) in [6, 6.07) is 50.0. The monoisotopic (exact) mass is 658 g/mol. The minimum atomic E-state index is 1.10. The lowest BCUT2D eigenvalue weighted by Gasteiger charge is -2.14. The fourth-order valence-corrected chi connectivity index (χ4v) is 6.47. The van der Waals surface area contributed by atoms with Gasteiger partial charge in [0.05, 0.1) is 0 Å². The zero-order chi connectivity index (χ0) is 35.9. The lowest BCUT2D eigenvalue weighted by Crippen LogP contribution is -1.95. The minimum Gasteiger partial charge on any atom is -0.0683 e. The molecule has 0 nitrogen and oxygen atoms in total. The number of benzene rings is 6. The van der Waals surface area contributed by atoms with Gasteiger partial charge in [0.2, 0.25) is 0 Å². The molecule has 0 aliphatic carbocycles. The molecule has 0 aromatic heterocycles. The second-order valence-corrected chi connectivity index (χ2v) is 13.1. The average molecular weight is 659 g/mol. The van der Waals surface area contributed by atoms with Gasteiger partial charge in [-0.3, -0.25) is 0 Å². The second-order valence-electron chi connectivity index (χ2n) is 13.1. The molecule has 0 heteroatoms. The maximum Gasteiger partial charge on any atom is -0.0151 e. The van der Waals surface area contributed by atoms with Gasteiger partial charge in [-0.2, -0.15) is 0 Å². The lowest BCUT2D eigenvalue weighted by atomic mass is 9.90. The van der Waals surface area contributed by atoms with Gasteiger partial charge in [-0.25, -0.2) is 0 Å². The SMILES string of the molecule is CC.CC.Cc1ccc(-c2ccc(-c3ccc(C)cc3)c(CCCCCCc3cc(-c4ccc(C)cc4)ccc3-c3ccc(C)cc3)c2)cc1. The number of unbranched alkanes of at least 4 members (excludes halogenated alkanes) is 3. The summed E-state index contributed by atoms with van der Waals surface area (Å²) < 4.78 is 0. The Morgan fingerprint density at radius 3 is 0.840 bits per heavy atom. The number of hydrogen-bond acceptors (Lipinski definition) is 0. The van der Waals surface area contributed by atoms with Crippen molar-refractivity contribution in [2.75, 3.05) is 0 Å². The number of aryl methyl sites for hydroxylation is 6. The van der Waals surface area contributed by atoms with E-state index < -0.39 is 0 Å². The molecule has 0 amide bonds. The van der Waals surface area contributed by atoms with E-state index in [1.807, 2.05) is 27.7 Å². The Bertz CT molecular complexity index is 1730. The van der Waals surface area contributed by atoms with Gasteiger partial charge in [0.25, 0.3) is 0 Å². The van der Waals surface area contributed by atoms with Gasteiger partial charge in [0.15, 0.2) is 0 Å². The maximum atomic E-state index is 2.43. The van der Waals surface area contributed by atoms with Crippen LogP contribution in [0.2, 0.25) is 0 Å². The van der Waals surface area contributed by atoms with Crippen LogP contribution in [0.1, 0.15) is 86.8 Å². The van der Waals surface area contributed by atoms with Crippen LogP contribution in [0.4, 0.5) is 0 Å². The van der Waals surface area contributed by atoms with Crippen LogP contribution in [-0.4, -0.2) is 0 Å². The third-order valence-corrected chi connectivity index (χ3v) is 9.35. The first-order valence-corrected chi connectivity index (χ1v) is 19.0. The third-order valence-electron chi connectivity index (χ3n) is 9.35. The van der Waals surface area contributed by atoms with E-state index in [4.69, 9.17) is 0 Å². The molecular formula is C50H58. The van der Waals surface area contributed by atoms with Gasteiger partial charge < -0.3 is 0 Å². The lowest BCUT2D eigenvalue weighted by molar-refractivity contribution is 0.641. The smallest absolute Gasteiger partial charge is 0.0151 e. The molecule has 0 bridgehead atoms. The molecule has 0 N–H and O–H groups in total. The fraction of sp³-hybridized carbons (Fsp3) is 0.280. The van der Waals surface area contributed by atoms with Crippen molar-refractivity contribution in [1.29, 1.82) is 0 Å². The summed E-state index contributed by atoms with van der Waals surface area (Å²) in [5.74, 6) is 0. The van der Waals surface area contributed by atoms with E-state index in [1.165, 1.54) is 104 Å². The summed E-state index contributed by atoms with van der Waals surface area (Å²) in [5.41, 5.74) is 18.7. The van der Waals surface area contributed by atoms with Gasteiger partial charge in [-0.15, -0.1) is 0 Å². The number of rotatable bonds is 11.